The summed E-state index contributed by atoms with van der Waals surface area (Å²) in [7, 11) is 1.85. The Labute approximate surface area is 120 Å². The fourth-order valence-electron chi connectivity index (χ4n) is 2.83. The Kier molecular flexibility index (Phi) is 5.37. The summed E-state index contributed by atoms with van der Waals surface area (Å²) in [5.41, 5.74) is 1.05. The molecule has 1 heterocycles. The zero-order chi connectivity index (χ0) is 13.7. The molecular formula is C15H26N2OS. The Morgan fingerprint density at radius 3 is 2.53 bits per heavy atom. The van der Waals surface area contributed by atoms with Gasteiger partial charge in [0.25, 0.3) is 0 Å². The fourth-order valence-corrected chi connectivity index (χ4v) is 4.09. The average Bonchev–Trinajstić information content (AvgIpc) is 2.66. The van der Waals surface area contributed by atoms with Crippen LogP contribution in [0.5, 0.6) is 0 Å². The summed E-state index contributed by atoms with van der Waals surface area (Å²) < 4.78 is 5.95. The molecular weight excluding hydrogens is 256 g/mol. The second-order valence-corrected chi connectivity index (χ2v) is 6.50. The van der Waals surface area contributed by atoms with E-state index >= 15 is 0 Å². The Hall–Kier alpha value is -0.450. The zero-order valence-corrected chi connectivity index (χ0v) is 13.2. The van der Waals surface area contributed by atoms with E-state index < -0.39 is 0 Å². The van der Waals surface area contributed by atoms with Gasteiger partial charge in [-0.15, -0.1) is 11.3 Å². The van der Waals surface area contributed by atoms with Crippen LogP contribution in [-0.4, -0.2) is 18.6 Å². The normalized spacial score (nSPS) is 19.3. The van der Waals surface area contributed by atoms with Crippen molar-refractivity contribution in [1.82, 2.24) is 10.3 Å². The molecule has 0 amide bonds. The van der Waals surface area contributed by atoms with Crippen molar-refractivity contribution in [3.8, 4) is 0 Å². The Morgan fingerprint density at radius 2 is 1.95 bits per heavy atom. The predicted molar refractivity (Wildman–Crippen MR) is 80.6 cm³/mol. The van der Waals surface area contributed by atoms with Gasteiger partial charge in [-0.1, -0.05) is 32.6 Å². The van der Waals surface area contributed by atoms with Crippen LogP contribution in [0.2, 0.25) is 0 Å². The van der Waals surface area contributed by atoms with Crippen molar-refractivity contribution in [3.63, 3.8) is 0 Å². The number of nitrogens with zero attached hydrogens (tertiary/aromatic N) is 1. The summed E-state index contributed by atoms with van der Waals surface area (Å²) in [5.74, 6) is 0. The summed E-state index contributed by atoms with van der Waals surface area (Å²) in [6, 6.07) is 0. The van der Waals surface area contributed by atoms with Crippen LogP contribution in [0.25, 0.3) is 0 Å². The maximum absolute atomic E-state index is 5.95. The molecule has 1 aliphatic rings. The van der Waals surface area contributed by atoms with E-state index in [0.29, 0.717) is 0 Å². The first-order valence-electron chi connectivity index (χ1n) is 7.44. The van der Waals surface area contributed by atoms with E-state index in [0.717, 1.165) is 25.9 Å². The van der Waals surface area contributed by atoms with E-state index in [9.17, 15) is 0 Å². The lowest BCUT2D eigenvalue weighted by Crippen LogP contribution is -2.27. The van der Waals surface area contributed by atoms with Crippen LogP contribution < -0.4 is 5.32 Å². The van der Waals surface area contributed by atoms with Crippen LogP contribution in [0.3, 0.4) is 0 Å². The van der Waals surface area contributed by atoms with Gasteiger partial charge in [0.15, 0.2) is 0 Å². The van der Waals surface area contributed by atoms with E-state index in [2.05, 4.69) is 19.2 Å². The molecule has 1 aromatic rings. The van der Waals surface area contributed by atoms with Crippen molar-refractivity contribution in [1.29, 1.82) is 0 Å². The molecule has 108 valence electrons. The first-order valence-corrected chi connectivity index (χ1v) is 8.26. The number of aryl methyl sites for hydroxylation is 1. The standard InChI is InChI=1S/C15H26N2OS/c1-4-16-11-13-12(2)17-14(19-13)15(18-3)9-7-5-6-8-10-15/h16H,4-11H2,1-3H3. The number of hydrogen-bond donors (Lipinski definition) is 1. The molecule has 4 heteroatoms. The molecule has 2 rings (SSSR count). The fraction of sp³-hybridized carbons (Fsp3) is 0.800. The van der Waals surface area contributed by atoms with E-state index in [1.807, 2.05) is 18.4 Å². The Balaban J connectivity index is 2.22. The molecule has 0 spiro atoms. The van der Waals surface area contributed by atoms with Crippen molar-refractivity contribution in [3.05, 3.63) is 15.6 Å². The first kappa shape index (κ1) is 14.9. The number of hydrogen-bond acceptors (Lipinski definition) is 4. The van der Waals surface area contributed by atoms with Crippen molar-refractivity contribution in [2.24, 2.45) is 0 Å². The molecule has 0 aliphatic heterocycles. The molecule has 3 nitrogen and oxygen atoms in total. The second kappa shape index (κ2) is 6.82. The minimum atomic E-state index is -0.115. The predicted octanol–water partition coefficient (Wildman–Crippen LogP) is 3.76. The third kappa shape index (κ3) is 3.36. The molecule has 1 saturated carbocycles. The van der Waals surface area contributed by atoms with Crippen LogP contribution >= 0.6 is 11.3 Å². The molecule has 19 heavy (non-hydrogen) atoms. The monoisotopic (exact) mass is 282 g/mol. The summed E-state index contributed by atoms with van der Waals surface area (Å²) in [5, 5.41) is 4.59. The lowest BCUT2D eigenvalue weighted by molar-refractivity contribution is -0.0280. The van der Waals surface area contributed by atoms with Crippen molar-refractivity contribution in [2.45, 2.75) is 64.5 Å². The first-order chi connectivity index (χ1) is 9.22. The van der Waals surface area contributed by atoms with Crippen molar-refractivity contribution in [2.75, 3.05) is 13.7 Å². The average molecular weight is 282 g/mol. The highest BCUT2D eigenvalue weighted by molar-refractivity contribution is 7.11. The van der Waals surface area contributed by atoms with Gasteiger partial charge < -0.3 is 10.1 Å². The molecule has 1 fully saturated rings. The van der Waals surface area contributed by atoms with Crippen molar-refractivity contribution < 1.29 is 4.74 Å². The molecule has 0 radical (unpaired) electrons. The van der Waals surface area contributed by atoms with E-state index in [4.69, 9.17) is 9.72 Å². The maximum atomic E-state index is 5.95. The molecule has 0 atom stereocenters. The van der Waals surface area contributed by atoms with Gasteiger partial charge in [-0.3, -0.25) is 0 Å². The van der Waals surface area contributed by atoms with Gasteiger partial charge in [0.2, 0.25) is 0 Å². The quantitative estimate of drug-likeness (QED) is 0.835. The van der Waals surface area contributed by atoms with Crippen LogP contribution in [0.15, 0.2) is 0 Å². The van der Waals surface area contributed by atoms with Crippen LogP contribution in [0.1, 0.15) is 61.0 Å². The Bertz CT molecular complexity index is 395. The van der Waals surface area contributed by atoms with Gasteiger partial charge in [-0.25, -0.2) is 4.98 Å². The van der Waals surface area contributed by atoms with Crippen LogP contribution in [0.4, 0.5) is 0 Å². The molecule has 0 unspecified atom stereocenters. The zero-order valence-electron chi connectivity index (χ0n) is 12.4. The summed E-state index contributed by atoms with van der Waals surface area (Å²) in [4.78, 5) is 6.18. The summed E-state index contributed by atoms with van der Waals surface area (Å²) in [6.45, 7) is 6.19. The molecule has 0 aromatic carbocycles. The van der Waals surface area contributed by atoms with E-state index in [-0.39, 0.29) is 5.60 Å². The number of thiazole rings is 1. The lowest BCUT2D eigenvalue weighted by Gasteiger charge is -2.29. The van der Waals surface area contributed by atoms with Crippen LogP contribution in [0, 0.1) is 6.92 Å². The number of ether oxygens (including phenoxy) is 1. The molecule has 1 aromatic heterocycles. The largest absolute Gasteiger partial charge is 0.371 e. The number of nitrogens with one attached hydrogen (secondary N) is 1. The minimum absolute atomic E-state index is 0.115. The number of aromatic nitrogens is 1. The Morgan fingerprint density at radius 1 is 1.26 bits per heavy atom. The van der Waals surface area contributed by atoms with Crippen LogP contribution in [-0.2, 0) is 16.9 Å². The van der Waals surface area contributed by atoms with Gasteiger partial charge in [0.05, 0.1) is 5.69 Å². The molecule has 0 bridgehead atoms. The lowest BCUT2D eigenvalue weighted by atomic mass is 9.95. The highest BCUT2D eigenvalue weighted by Gasteiger charge is 2.36. The topological polar surface area (TPSA) is 34.1 Å². The number of methoxy groups -OCH3 is 1. The third-order valence-corrected chi connectivity index (χ3v) is 5.46. The van der Waals surface area contributed by atoms with E-state index in [1.54, 1.807) is 0 Å². The van der Waals surface area contributed by atoms with E-state index in [1.165, 1.54) is 41.3 Å². The summed E-state index contributed by atoms with van der Waals surface area (Å²) in [6.07, 6.45) is 7.43. The highest BCUT2D eigenvalue weighted by atomic mass is 32.1. The molecule has 1 N–H and O–H groups in total. The van der Waals surface area contributed by atoms with Gasteiger partial charge >= 0.3 is 0 Å². The van der Waals surface area contributed by atoms with Gasteiger partial charge in [-0.05, 0) is 26.3 Å². The second-order valence-electron chi connectivity index (χ2n) is 5.42. The third-order valence-electron chi connectivity index (χ3n) is 4.12. The summed E-state index contributed by atoms with van der Waals surface area (Å²) >= 11 is 1.84. The highest BCUT2D eigenvalue weighted by Crippen LogP contribution is 2.41. The minimum Gasteiger partial charge on any atom is -0.371 e. The molecule has 0 saturated heterocycles. The van der Waals surface area contributed by atoms with Gasteiger partial charge in [0, 0.05) is 18.5 Å². The maximum Gasteiger partial charge on any atom is 0.125 e. The molecule has 1 aliphatic carbocycles. The van der Waals surface area contributed by atoms with Gasteiger partial charge in [-0.2, -0.15) is 0 Å². The SMILES string of the molecule is CCNCc1sc(C2(OC)CCCCCC2)nc1C. The smallest absolute Gasteiger partial charge is 0.125 e. The van der Waals surface area contributed by atoms with Crippen molar-refractivity contribution >= 4 is 11.3 Å². The number of rotatable bonds is 5. The van der Waals surface area contributed by atoms with Gasteiger partial charge in [0.1, 0.15) is 10.6 Å².